The van der Waals surface area contributed by atoms with Crippen LogP contribution >= 0.6 is 0 Å². The zero-order valence-electron chi connectivity index (χ0n) is 7.09. The van der Waals surface area contributed by atoms with E-state index in [1.54, 1.807) is 0 Å². The van der Waals surface area contributed by atoms with Crippen LogP contribution in [0.1, 0.15) is 27.2 Å². The first-order valence-electron chi connectivity index (χ1n) is 4.05. The van der Waals surface area contributed by atoms with Gasteiger partial charge in [0.2, 0.25) is 0 Å². The molecule has 0 aromatic carbocycles. The fourth-order valence-electron chi connectivity index (χ4n) is 1.72. The van der Waals surface area contributed by atoms with Gasteiger partial charge < -0.3 is 5.73 Å². The van der Waals surface area contributed by atoms with Crippen LogP contribution < -0.4 is 5.73 Å². The van der Waals surface area contributed by atoms with E-state index >= 15 is 0 Å². The van der Waals surface area contributed by atoms with E-state index in [9.17, 15) is 0 Å². The molecule has 10 heavy (non-hydrogen) atoms. The van der Waals surface area contributed by atoms with Crippen LogP contribution in [0.2, 0.25) is 0 Å². The van der Waals surface area contributed by atoms with Crippen LogP contribution in [0.3, 0.4) is 0 Å². The second-order valence-corrected chi connectivity index (χ2v) is 3.50. The van der Waals surface area contributed by atoms with E-state index in [1.165, 1.54) is 12.0 Å². The summed E-state index contributed by atoms with van der Waals surface area (Å²) < 4.78 is 0. The number of nitrogens with two attached hydrogens (primary N) is 1. The van der Waals surface area contributed by atoms with Gasteiger partial charge in [-0.2, -0.15) is 0 Å². The predicted molar refractivity (Wildman–Crippen MR) is 44.7 cm³/mol. The SMILES string of the molecule is CC1=CCC(C(C)N)C1C. The normalized spacial score (nSPS) is 35.8. The van der Waals surface area contributed by atoms with E-state index in [1.807, 2.05) is 0 Å². The third kappa shape index (κ3) is 1.24. The minimum Gasteiger partial charge on any atom is -0.328 e. The summed E-state index contributed by atoms with van der Waals surface area (Å²) in [4.78, 5) is 0. The van der Waals surface area contributed by atoms with Gasteiger partial charge >= 0.3 is 0 Å². The average molecular weight is 139 g/mol. The molecule has 2 N–H and O–H groups in total. The fourth-order valence-corrected chi connectivity index (χ4v) is 1.72. The average Bonchev–Trinajstić information content (AvgIpc) is 2.14. The van der Waals surface area contributed by atoms with Crippen LogP contribution in [-0.2, 0) is 0 Å². The standard InChI is InChI=1S/C9H17N/c1-6-4-5-9(7(6)2)8(3)10/h4,7-9H,5,10H2,1-3H3. The minimum atomic E-state index is 0.351. The highest BCUT2D eigenvalue weighted by atomic mass is 14.6. The molecule has 0 spiro atoms. The zero-order chi connectivity index (χ0) is 7.72. The largest absolute Gasteiger partial charge is 0.328 e. The second-order valence-electron chi connectivity index (χ2n) is 3.50. The molecule has 0 fully saturated rings. The maximum atomic E-state index is 5.82. The first-order chi connectivity index (χ1) is 4.63. The van der Waals surface area contributed by atoms with Gasteiger partial charge in [0.1, 0.15) is 0 Å². The van der Waals surface area contributed by atoms with E-state index in [2.05, 4.69) is 26.8 Å². The third-order valence-electron chi connectivity index (χ3n) is 2.75. The van der Waals surface area contributed by atoms with Crippen molar-refractivity contribution in [1.29, 1.82) is 0 Å². The van der Waals surface area contributed by atoms with Crippen molar-refractivity contribution < 1.29 is 0 Å². The Bertz CT molecular complexity index is 147. The summed E-state index contributed by atoms with van der Waals surface area (Å²) in [5.74, 6) is 1.40. The molecule has 0 aromatic rings. The highest BCUT2D eigenvalue weighted by molar-refractivity contribution is 5.12. The first-order valence-corrected chi connectivity index (χ1v) is 4.05. The second kappa shape index (κ2) is 2.75. The van der Waals surface area contributed by atoms with Gasteiger partial charge in [0.15, 0.2) is 0 Å². The molecule has 0 amide bonds. The van der Waals surface area contributed by atoms with Gasteiger partial charge in [-0.15, -0.1) is 0 Å². The summed E-state index contributed by atoms with van der Waals surface area (Å²) in [6.45, 7) is 6.58. The van der Waals surface area contributed by atoms with E-state index in [-0.39, 0.29) is 0 Å². The first kappa shape index (κ1) is 7.80. The highest BCUT2D eigenvalue weighted by Gasteiger charge is 2.25. The van der Waals surface area contributed by atoms with Crippen molar-refractivity contribution in [2.45, 2.75) is 33.2 Å². The van der Waals surface area contributed by atoms with Gasteiger partial charge in [0.05, 0.1) is 0 Å². The molecule has 3 atom stereocenters. The van der Waals surface area contributed by atoms with Crippen molar-refractivity contribution in [2.24, 2.45) is 17.6 Å². The summed E-state index contributed by atoms with van der Waals surface area (Å²) in [5.41, 5.74) is 7.33. The minimum absolute atomic E-state index is 0.351. The van der Waals surface area contributed by atoms with Crippen molar-refractivity contribution in [3.8, 4) is 0 Å². The van der Waals surface area contributed by atoms with Crippen molar-refractivity contribution in [1.82, 2.24) is 0 Å². The van der Waals surface area contributed by atoms with E-state index in [0.29, 0.717) is 17.9 Å². The molecule has 3 unspecified atom stereocenters. The molecule has 0 aromatic heterocycles. The predicted octanol–water partition coefficient (Wildman–Crippen LogP) is 1.94. The Hall–Kier alpha value is -0.300. The highest BCUT2D eigenvalue weighted by Crippen LogP contribution is 2.32. The van der Waals surface area contributed by atoms with E-state index < -0.39 is 0 Å². The summed E-state index contributed by atoms with van der Waals surface area (Å²) in [6.07, 6.45) is 3.50. The molecule has 1 nitrogen and oxygen atoms in total. The van der Waals surface area contributed by atoms with Crippen molar-refractivity contribution in [3.05, 3.63) is 11.6 Å². The van der Waals surface area contributed by atoms with Crippen LogP contribution in [-0.4, -0.2) is 6.04 Å². The Balaban J connectivity index is 2.56. The van der Waals surface area contributed by atoms with Crippen LogP contribution in [0, 0.1) is 11.8 Å². The van der Waals surface area contributed by atoms with Crippen molar-refractivity contribution >= 4 is 0 Å². The van der Waals surface area contributed by atoms with Crippen LogP contribution in [0.4, 0.5) is 0 Å². The molecule has 0 radical (unpaired) electrons. The molecule has 1 aliphatic rings. The van der Waals surface area contributed by atoms with Gasteiger partial charge in [-0.1, -0.05) is 18.6 Å². The summed E-state index contributed by atoms with van der Waals surface area (Å²) in [6, 6.07) is 0.351. The lowest BCUT2D eigenvalue weighted by Gasteiger charge is -2.20. The lowest BCUT2D eigenvalue weighted by atomic mass is 9.88. The monoisotopic (exact) mass is 139 g/mol. The molecule has 0 saturated carbocycles. The molecular weight excluding hydrogens is 122 g/mol. The maximum absolute atomic E-state index is 5.82. The molecular formula is C9H17N. The fraction of sp³-hybridized carbons (Fsp3) is 0.778. The van der Waals surface area contributed by atoms with Gasteiger partial charge in [-0.05, 0) is 32.1 Å². The van der Waals surface area contributed by atoms with Crippen molar-refractivity contribution in [2.75, 3.05) is 0 Å². The maximum Gasteiger partial charge on any atom is 0.00473 e. The quantitative estimate of drug-likeness (QED) is 0.552. The molecule has 0 saturated heterocycles. The Morgan fingerprint density at radius 1 is 1.70 bits per heavy atom. The topological polar surface area (TPSA) is 26.0 Å². The van der Waals surface area contributed by atoms with E-state index in [4.69, 9.17) is 5.73 Å². The van der Waals surface area contributed by atoms with Crippen molar-refractivity contribution in [3.63, 3.8) is 0 Å². The Morgan fingerprint density at radius 2 is 2.30 bits per heavy atom. The smallest absolute Gasteiger partial charge is 0.00473 e. The number of hydrogen-bond donors (Lipinski definition) is 1. The molecule has 0 aliphatic heterocycles. The molecule has 0 bridgehead atoms. The van der Waals surface area contributed by atoms with Gasteiger partial charge in [-0.3, -0.25) is 0 Å². The number of rotatable bonds is 1. The molecule has 1 heteroatoms. The molecule has 58 valence electrons. The Labute approximate surface area is 63.3 Å². The lowest BCUT2D eigenvalue weighted by molar-refractivity contribution is 0.376. The molecule has 1 rings (SSSR count). The van der Waals surface area contributed by atoms with Gasteiger partial charge in [-0.25, -0.2) is 0 Å². The Kier molecular flexibility index (Phi) is 2.14. The van der Waals surface area contributed by atoms with Gasteiger partial charge in [0.25, 0.3) is 0 Å². The zero-order valence-corrected chi connectivity index (χ0v) is 7.09. The molecule has 1 aliphatic carbocycles. The lowest BCUT2D eigenvalue weighted by Crippen LogP contribution is -2.28. The third-order valence-corrected chi connectivity index (χ3v) is 2.75. The number of allylic oxidation sites excluding steroid dienone is 2. The summed E-state index contributed by atoms with van der Waals surface area (Å²) in [7, 11) is 0. The van der Waals surface area contributed by atoms with Crippen LogP contribution in [0.15, 0.2) is 11.6 Å². The van der Waals surface area contributed by atoms with Crippen LogP contribution in [0.5, 0.6) is 0 Å². The van der Waals surface area contributed by atoms with Crippen LogP contribution in [0.25, 0.3) is 0 Å². The summed E-state index contributed by atoms with van der Waals surface area (Å²) >= 11 is 0. The number of hydrogen-bond acceptors (Lipinski definition) is 1. The molecule has 0 heterocycles. The summed E-state index contributed by atoms with van der Waals surface area (Å²) in [5, 5.41) is 0. The Morgan fingerprint density at radius 3 is 2.50 bits per heavy atom. The van der Waals surface area contributed by atoms with Gasteiger partial charge in [0, 0.05) is 6.04 Å². The van der Waals surface area contributed by atoms with E-state index in [0.717, 1.165) is 0 Å².